The largest absolute Gasteiger partial charge is 0.481 e. The minimum Gasteiger partial charge on any atom is -0.481 e. The number of halogens is 2. The summed E-state index contributed by atoms with van der Waals surface area (Å²) in [7, 11) is 0. The molecule has 0 unspecified atom stereocenters. The fraction of sp³-hybridized carbons (Fsp3) is 0.467. The summed E-state index contributed by atoms with van der Waals surface area (Å²) in [6.45, 7) is 2.48. The Morgan fingerprint density at radius 3 is 2.96 bits per heavy atom. The summed E-state index contributed by atoms with van der Waals surface area (Å²) in [4.78, 5) is 24.7. The minimum atomic E-state index is -0.969. The minimum absolute atomic E-state index is 0.150. The van der Waals surface area contributed by atoms with Crippen LogP contribution in [0.15, 0.2) is 22.7 Å². The second kappa shape index (κ2) is 7.74. The van der Waals surface area contributed by atoms with Crippen molar-refractivity contribution in [2.45, 2.75) is 25.6 Å². The van der Waals surface area contributed by atoms with Crippen molar-refractivity contribution in [2.24, 2.45) is 0 Å². The summed E-state index contributed by atoms with van der Waals surface area (Å²) in [6, 6.07) is 3.94. The molecule has 2 rings (SSSR count). The van der Waals surface area contributed by atoms with Gasteiger partial charge in [0.25, 0.3) is 5.91 Å². The van der Waals surface area contributed by atoms with E-state index in [1.165, 1.54) is 23.1 Å². The maximum atomic E-state index is 13.1. The Balaban J connectivity index is 1.97. The standard InChI is InChI=1S/C15H17BrFNO5/c1-9(23-13-3-2-10(17)6-12(13)16)15(21)18-4-5-22-11(8-18)7-14(19)20/h2-3,6,9,11H,4-5,7-8H2,1H3,(H,19,20)/t9-,11-/m1/s1. The van der Waals surface area contributed by atoms with E-state index in [0.29, 0.717) is 16.8 Å². The molecule has 1 aliphatic heterocycles. The number of morpholine rings is 1. The molecular weight excluding hydrogens is 373 g/mol. The average molecular weight is 390 g/mol. The van der Waals surface area contributed by atoms with Gasteiger partial charge in [0, 0.05) is 13.1 Å². The van der Waals surface area contributed by atoms with Crippen molar-refractivity contribution in [3.8, 4) is 5.75 Å². The molecule has 0 saturated carbocycles. The van der Waals surface area contributed by atoms with Crippen LogP contribution in [0, 0.1) is 5.82 Å². The molecule has 1 saturated heterocycles. The van der Waals surface area contributed by atoms with Crippen LogP contribution in [0.5, 0.6) is 5.75 Å². The molecule has 126 valence electrons. The van der Waals surface area contributed by atoms with Crippen LogP contribution in [0.25, 0.3) is 0 Å². The van der Waals surface area contributed by atoms with Gasteiger partial charge >= 0.3 is 5.97 Å². The number of carbonyl (C=O) groups is 2. The Bertz CT molecular complexity index is 597. The summed E-state index contributed by atoms with van der Waals surface area (Å²) in [6.07, 6.45) is -1.45. The molecular formula is C15H17BrFNO5. The van der Waals surface area contributed by atoms with Crippen LogP contribution >= 0.6 is 15.9 Å². The smallest absolute Gasteiger partial charge is 0.306 e. The van der Waals surface area contributed by atoms with Crippen LogP contribution in [-0.4, -0.2) is 53.8 Å². The van der Waals surface area contributed by atoms with Crippen molar-refractivity contribution in [3.05, 3.63) is 28.5 Å². The maximum Gasteiger partial charge on any atom is 0.306 e. The van der Waals surface area contributed by atoms with Crippen molar-refractivity contribution in [1.82, 2.24) is 4.90 Å². The van der Waals surface area contributed by atoms with E-state index in [0.717, 1.165) is 0 Å². The molecule has 0 bridgehead atoms. The molecule has 0 aliphatic carbocycles. The summed E-state index contributed by atoms with van der Waals surface area (Å²) >= 11 is 3.18. The van der Waals surface area contributed by atoms with Gasteiger partial charge in [0.1, 0.15) is 11.6 Å². The highest BCUT2D eigenvalue weighted by molar-refractivity contribution is 9.10. The lowest BCUT2D eigenvalue weighted by molar-refractivity contribution is -0.151. The first-order chi connectivity index (χ1) is 10.9. The summed E-state index contributed by atoms with van der Waals surface area (Å²) in [5.74, 6) is -1.28. The lowest BCUT2D eigenvalue weighted by Gasteiger charge is -2.33. The fourth-order valence-electron chi connectivity index (χ4n) is 2.31. The van der Waals surface area contributed by atoms with Crippen molar-refractivity contribution in [3.63, 3.8) is 0 Å². The van der Waals surface area contributed by atoms with E-state index in [9.17, 15) is 14.0 Å². The normalized spacial score (nSPS) is 19.3. The molecule has 1 aromatic rings. The van der Waals surface area contributed by atoms with Crippen molar-refractivity contribution in [2.75, 3.05) is 19.7 Å². The van der Waals surface area contributed by atoms with Crippen molar-refractivity contribution >= 4 is 27.8 Å². The van der Waals surface area contributed by atoms with Gasteiger partial charge in [-0.25, -0.2) is 4.39 Å². The van der Waals surface area contributed by atoms with Gasteiger partial charge < -0.3 is 19.5 Å². The predicted octanol–water partition coefficient (Wildman–Crippen LogP) is 2.06. The molecule has 1 N–H and O–H groups in total. The Morgan fingerprint density at radius 2 is 2.30 bits per heavy atom. The molecule has 1 heterocycles. The monoisotopic (exact) mass is 389 g/mol. The second-order valence-corrected chi connectivity index (χ2v) is 6.06. The molecule has 23 heavy (non-hydrogen) atoms. The Kier molecular flexibility index (Phi) is 5.95. The van der Waals surface area contributed by atoms with Crippen LogP contribution in [0.4, 0.5) is 4.39 Å². The second-order valence-electron chi connectivity index (χ2n) is 5.21. The maximum absolute atomic E-state index is 13.1. The van der Waals surface area contributed by atoms with Crippen molar-refractivity contribution < 1.29 is 28.6 Å². The molecule has 0 aromatic heterocycles. The van der Waals surface area contributed by atoms with Gasteiger partial charge in [0.15, 0.2) is 6.10 Å². The van der Waals surface area contributed by atoms with E-state index < -0.39 is 24.0 Å². The number of aliphatic carboxylic acids is 1. The number of carboxylic acid groups (broad SMARTS) is 1. The van der Waals surface area contributed by atoms with Crippen LogP contribution in [0.1, 0.15) is 13.3 Å². The van der Waals surface area contributed by atoms with Crippen LogP contribution in [-0.2, 0) is 14.3 Å². The number of amides is 1. The van der Waals surface area contributed by atoms with Crippen LogP contribution < -0.4 is 4.74 Å². The SMILES string of the molecule is C[C@@H](Oc1ccc(F)cc1Br)C(=O)N1CCO[C@H](CC(=O)O)C1. The molecule has 8 heteroatoms. The zero-order valence-electron chi connectivity index (χ0n) is 12.5. The van der Waals surface area contributed by atoms with E-state index in [-0.39, 0.29) is 25.5 Å². The molecule has 0 radical (unpaired) electrons. The zero-order valence-corrected chi connectivity index (χ0v) is 14.1. The highest BCUT2D eigenvalue weighted by Crippen LogP contribution is 2.26. The molecule has 1 fully saturated rings. The summed E-state index contributed by atoms with van der Waals surface area (Å²) in [5, 5.41) is 8.80. The van der Waals surface area contributed by atoms with Gasteiger partial charge in [0.05, 0.1) is 23.6 Å². The van der Waals surface area contributed by atoms with Gasteiger partial charge in [-0.1, -0.05) is 0 Å². The molecule has 2 atom stereocenters. The van der Waals surface area contributed by atoms with E-state index in [2.05, 4.69) is 15.9 Å². The number of nitrogens with zero attached hydrogens (tertiary/aromatic N) is 1. The molecule has 1 aliphatic rings. The van der Waals surface area contributed by atoms with E-state index in [1.54, 1.807) is 6.92 Å². The quantitative estimate of drug-likeness (QED) is 0.833. The Labute approximate surface area is 141 Å². The zero-order chi connectivity index (χ0) is 17.0. The summed E-state index contributed by atoms with van der Waals surface area (Å²) in [5.41, 5.74) is 0. The predicted molar refractivity (Wildman–Crippen MR) is 82.8 cm³/mol. The first-order valence-corrected chi connectivity index (χ1v) is 7.90. The van der Waals surface area contributed by atoms with Crippen molar-refractivity contribution in [1.29, 1.82) is 0 Å². The van der Waals surface area contributed by atoms with Gasteiger partial charge in [0.2, 0.25) is 0 Å². The Morgan fingerprint density at radius 1 is 1.57 bits per heavy atom. The van der Waals surface area contributed by atoms with E-state index in [4.69, 9.17) is 14.6 Å². The number of carbonyl (C=O) groups excluding carboxylic acids is 1. The molecule has 6 nitrogen and oxygen atoms in total. The Hall–Kier alpha value is -1.67. The third-order valence-electron chi connectivity index (χ3n) is 3.40. The number of carboxylic acids is 1. The lowest BCUT2D eigenvalue weighted by atomic mass is 10.2. The topological polar surface area (TPSA) is 76.1 Å². The molecule has 1 aromatic carbocycles. The van der Waals surface area contributed by atoms with Gasteiger partial charge in [-0.3, -0.25) is 9.59 Å². The van der Waals surface area contributed by atoms with Gasteiger partial charge in [-0.15, -0.1) is 0 Å². The van der Waals surface area contributed by atoms with E-state index in [1.807, 2.05) is 0 Å². The number of benzene rings is 1. The number of rotatable bonds is 5. The van der Waals surface area contributed by atoms with Crippen LogP contribution in [0.2, 0.25) is 0 Å². The molecule has 0 spiro atoms. The highest BCUT2D eigenvalue weighted by atomic mass is 79.9. The third kappa shape index (κ3) is 4.90. The van der Waals surface area contributed by atoms with E-state index >= 15 is 0 Å². The number of ether oxygens (including phenoxy) is 2. The number of hydrogen-bond acceptors (Lipinski definition) is 4. The highest BCUT2D eigenvalue weighted by Gasteiger charge is 2.29. The van der Waals surface area contributed by atoms with Gasteiger partial charge in [-0.05, 0) is 41.1 Å². The third-order valence-corrected chi connectivity index (χ3v) is 4.02. The fourth-order valence-corrected chi connectivity index (χ4v) is 2.75. The lowest BCUT2D eigenvalue weighted by Crippen LogP contribution is -2.50. The first kappa shape index (κ1) is 17.7. The average Bonchev–Trinajstić information content (AvgIpc) is 2.49. The molecule has 1 amide bonds. The van der Waals surface area contributed by atoms with Crippen LogP contribution in [0.3, 0.4) is 0 Å². The summed E-state index contributed by atoms with van der Waals surface area (Å²) < 4.78 is 24.4. The first-order valence-electron chi connectivity index (χ1n) is 7.10. The van der Waals surface area contributed by atoms with Gasteiger partial charge in [-0.2, -0.15) is 0 Å². The number of hydrogen-bond donors (Lipinski definition) is 1.